The molecule has 0 aromatic heterocycles. The fraction of sp³-hybridized carbons (Fsp3) is 0.125. The minimum absolute atomic E-state index is 0.320. The molecule has 108 valence electrons. The fourth-order valence-electron chi connectivity index (χ4n) is 1.96. The zero-order chi connectivity index (χ0) is 15.4. The SMILES string of the molecule is CC(O)c1ccccc1NC(=O)c1ccc(C(N)=O)cc1. The second kappa shape index (κ2) is 6.19. The number of rotatable bonds is 4. The molecule has 0 aliphatic carbocycles. The van der Waals surface area contributed by atoms with Crippen LogP contribution >= 0.6 is 0 Å². The van der Waals surface area contributed by atoms with Crippen molar-refractivity contribution in [2.24, 2.45) is 5.73 Å². The minimum Gasteiger partial charge on any atom is -0.389 e. The van der Waals surface area contributed by atoms with Crippen LogP contribution < -0.4 is 11.1 Å². The maximum Gasteiger partial charge on any atom is 0.255 e. The number of benzene rings is 2. The highest BCUT2D eigenvalue weighted by molar-refractivity contribution is 6.05. The lowest BCUT2D eigenvalue weighted by Gasteiger charge is -2.13. The van der Waals surface area contributed by atoms with E-state index in [1.807, 2.05) is 0 Å². The van der Waals surface area contributed by atoms with Gasteiger partial charge in [0.2, 0.25) is 5.91 Å². The van der Waals surface area contributed by atoms with Gasteiger partial charge in [-0.15, -0.1) is 0 Å². The predicted molar refractivity (Wildman–Crippen MR) is 80.0 cm³/mol. The quantitative estimate of drug-likeness (QED) is 0.802. The Balaban J connectivity index is 2.20. The Morgan fingerprint density at radius 3 is 2.19 bits per heavy atom. The van der Waals surface area contributed by atoms with Gasteiger partial charge in [0.1, 0.15) is 0 Å². The van der Waals surface area contributed by atoms with E-state index in [-0.39, 0.29) is 5.91 Å². The van der Waals surface area contributed by atoms with E-state index in [9.17, 15) is 14.7 Å². The molecular weight excluding hydrogens is 268 g/mol. The molecule has 1 atom stereocenters. The van der Waals surface area contributed by atoms with Crippen LogP contribution in [0, 0.1) is 0 Å². The number of nitrogens with two attached hydrogens (primary N) is 1. The average Bonchev–Trinajstić information content (AvgIpc) is 2.47. The summed E-state index contributed by atoms with van der Waals surface area (Å²) >= 11 is 0. The van der Waals surface area contributed by atoms with Crippen molar-refractivity contribution in [2.45, 2.75) is 13.0 Å². The number of aliphatic hydroxyl groups is 1. The van der Waals surface area contributed by atoms with Gasteiger partial charge in [0.25, 0.3) is 5.91 Å². The number of primary amides is 1. The second-order valence-corrected chi connectivity index (χ2v) is 4.66. The van der Waals surface area contributed by atoms with Gasteiger partial charge in [-0.2, -0.15) is 0 Å². The van der Waals surface area contributed by atoms with E-state index in [0.717, 1.165) is 0 Å². The maximum absolute atomic E-state index is 12.2. The van der Waals surface area contributed by atoms with Gasteiger partial charge in [0, 0.05) is 22.4 Å². The van der Waals surface area contributed by atoms with Crippen molar-refractivity contribution in [3.05, 3.63) is 65.2 Å². The summed E-state index contributed by atoms with van der Waals surface area (Å²) in [5.74, 6) is -0.861. The number of para-hydroxylation sites is 1. The Morgan fingerprint density at radius 1 is 1.05 bits per heavy atom. The monoisotopic (exact) mass is 284 g/mol. The highest BCUT2D eigenvalue weighted by Crippen LogP contribution is 2.22. The fourth-order valence-corrected chi connectivity index (χ4v) is 1.96. The first-order chi connectivity index (χ1) is 9.99. The molecule has 21 heavy (non-hydrogen) atoms. The van der Waals surface area contributed by atoms with E-state index in [0.29, 0.717) is 22.4 Å². The minimum atomic E-state index is -0.682. The van der Waals surface area contributed by atoms with Gasteiger partial charge < -0.3 is 16.2 Å². The lowest BCUT2D eigenvalue weighted by molar-refractivity contribution is 0.0995. The zero-order valence-electron chi connectivity index (χ0n) is 11.5. The van der Waals surface area contributed by atoms with E-state index >= 15 is 0 Å². The molecule has 4 N–H and O–H groups in total. The molecule has 0 heterocycles. The first kappa shape index (κ1) is 14.7. The molecule has 0 aliphatic rings. The van der Waals surface area contributed by atoms with Crippen LogP contribution in [0.25, 0.3) is 0 Å². The van der Waals surface area contributed by atoms with Crippen molar-refractivity contribution in [3.63, 3.8) is 0 Å². The molecular formula is C16H16N2O3. The van der Waals surface area contributed by atoms with Gasteiger partial charge in [-0.3, -0.25) is 9.59 Å². The lowest BCUT2D eigenvalue weighted by Crippen LogP contribution is -2.15. The Kier molecular flexibility index (Phi) is 4.35. The molecule has 2 aromatic carbocycles. The van der Waals surface area contributed by atoms with Gasteiger partial charge in [0.15, 0.2) is 0 Å². The third-order valence-corrected chi connectivity index (χ3v) is 3.09. The normalized spacial score (nSPS) is 11.7. The molecule has 0 spiro atoms. The molecule has 5 nitrogen and oxygen atoms in total. The van der Waals surface area contributed by atoms with E-state index in [4.69, 9.17) is 5.73 Å². The number of amides is 2. The summed E-state index contributed by atoms with van der Waals surface area (Å²) in [6, 6.07) is 13.1. The second-order valence-electron chi connectivity index (χ2n) is 4.66. The lowest BCUT2D eigenvalue weighted by atomic mass is 10.1. The van der Waals surface area contributed by atoms with Crippen LogP contribution in [0.15, 0.2) is 48.5 Å². The molecule has 5 heteroatoms. The Labute approximate surface area is 122 Å². The van der Waals surface area contributed by atoms with E-state index in [1.165, 1.54) is 24.3 Å². The van der Waals surface area contributed by atoms with Crippen molar-refractivity contribution in [3.8, 4) is 0 Å². The molecule has 0 fully saturated rings. The Hall–Kier alpha value is -2.66. The maximum atomic E-state index is 12.2. The standard InChI is InChI=1S/C16H16N2O3/c1-10(19)13-4-2-3-5-14(13)18-16(21)12-8-6-11(7-9-12)15(17)20/h2-10,19H,1H3,(H2,17,20)(H,18,21). The molecule has 0 saturated carbocycles. The number of carbonyl (C=O) groups excluding carboxylic acids is 2. The Bertz CT molecular complexity index is 663. The number of aliphatic hydroxyl groups excluding tert-OH is 1. The first-order valence-corrected chi connectivity index (χ1v) is 6.47. The van der Waals surface area contributed by atoms with Crippen LogP contribution in [0.1, 0.15) is 39.3 Å². The smallest absolute Gasteiger partial charge is 0.255 e. The Morgan fingerprint density at radius 2 is 1.62 bits per heavy atom. The van der Waals surface area contributed by atoms with Crippen LogP contribution in [-0.4, -0.2) is 16.9 Å². The molecule has 0 aliphatic heterocycles. The highest BCUT2D eigenvalue weighted by Gasteiger charge is 2.12. The number of anilines is 1. The van der Waals surface area contributed by atoms with Crippen molar-refractivity contribution >= 4 is 17.5 Å². The summed E-state index contributed by atoms with van der Waals surface area (Å²) in [5.41, 5.74) is 7.09. The van der Waals surface area contributed by atoms with E-state index in [1.54, 1.807) is 31.2 Å². The predicted octanol–water partition coefficient (Wildman–Crippen LogP) is 2.09. The zero-order valence-corrected chi connectivity index (χ0v) is 11.5. The van der Waals surface area contributed by atoms with Crippen LogP contribution in [-0.2, 0) is 0 Å². The van der Waals surface area contributed by atoms with Gasteiger partial charge in [-0.1, -0.05) is 18.2 Å². The number of carbonyl (C=O) groups is 2. The average molecular weight is 284 g/mol. The number of nitrogens with one attached hydrogen (secondary N) is 1. The van der Waals surface area contributed by atoms with E-state index < -0.39 is 12.0 Å². The van der Waals surface area contributed by atoms with Crippen molar-refractivity contribution in [1.82, 2.24) is 0 Å². The molecule has 2 aromatic rings. The van der Waals surface area contributed by atoms with Gasteiger partial charge >= 0.3 is 0 Å². The summed E-state index contributed by atoms with van der Waals surface area (Å²) in [6.45, 7) is 1.63. The number of hydrogen-bond acceptors (Lipinski definition) is 3. The van der Waals surface area contributed by atoms with Crippen LogP contribution in [0.2, 0.25) is 0 Å². The summed E-state index contributed by atoms with van der Waals surface area (Å²) in [4.78, 5) is 23.1. The summed E-state index contributed by atoms with van der Waals surface area (Å²) < 4.78 is 0. The molecule has 0 radical (unpaired) electrons. The largest absolute Gasteiger partial charge is 0.389 e. The molecule has 2 amide bonds. The first-order valence-electron chi connectivity index (χ1n) is 6.47. The van der Waals surface area contributed by atoms with Crippen LogP contribution in [0.3, 0.4) is 0 Å². The summed E-state index contributed by atoms with van der Waals surface area (Å²) in [7, 11) is 0. The van der Waals surface area contributed by atoms with Crippen molar-refractivity contribution < 1.29 is 14.7 Å². The van der Waals surface area contributed by atoms with Crippen LogP contribution in [0.4, 0.5) is 5.69 Å². The summed E-state index contributed by atoms with van der Waals surface area (Å²) in [6.07, 6.45) is -0.682. The molecule has 2 rings (SSSR count). The van der Waals surface area contributed by atoms with Crippen LogP contribution in [0.5, 0.6) is 0 Å². The van der Waals surface area contributed by atoms with Gasteiger partial charge in [0.05, 0.1) is 6.10 Å². The summed E-state index contributed by atoms with van der Waals surface area (Å²) in [5, 5.41) is 12.4. The van der Waals surface area contributed by atoms with Crippen molar-refractivity contribution in [1.29, 1.82) is 0 Å². The highest BCUT2D eigenvalue weighted by atomic mass is 16.3. The molecule has 0 saturated heterocycles. The number of hydrogen-bond donors (Lipinski definition) is 3. The van der Waals surface area contributed by atoms with Crippen molar-refractivity contribution in [2.75, 3.05) is 5.32 Å². The molecule has 1 unspecified atom stereocenters. The topological polar surface area (TPSA) is 92.4 Å². The van der Waals surface area contributed by atoms with Gasteiger partial charge in [-0.05, 0) is 37.3 Å². The third-order valence-electron chi connectivity index (χ3n) is 3.09. The third kappa shape index (κ3) is 3.46. The molecule has 0 bridgehead atoms. The van der Waals surface area contributed by atoms with E-state index in [2.05, 4.69) is 5.32 Å². The van der Waals surface area contributed by atoms with Gasteiger partial charge in [-0.25, -0.2) is 0 Å².